The van der Waals surface area contributed by atoms with E-state index in [4.69, 9.17) is 5.26 Å². The Morgan fingerprint density at radius 3 is 2.82 bits per heavy atom. The molecule has 6 nitrogen and oxygen atoms in total. The average molecular weight is 376 g/mol. The van der Waals surface area contributed by atoms with Gasteiger partial charge in [-0.05, 0) is 54.5 Å². The molecule has 1 atom stereocenters. The fraction of sp³-hybridized carbons (Fsp3) is 0.409. The van der Waals surface area contributed by atoms with E-state index >= 15 is 0 Å². The Morgan fingerprint density at radius 1 is 1.21 bits per heavy atom. The van der Waals surface area contributed by atoms with Gasteiger partial charge in [-0.2, -0.15) is 5.26 Å². The van der Waals surface area contributed by atoms with Gasteiger partial charge in [0, 0.05) is 38.9 Å². The number of likely N-dealkylation sites (tertiary alicyclic amines) is 2. The maximum atomic E-state index is 12.7. The number of aromatic nitrogens is 1. The molecular formula is C22H24N4O2. The number of pyridine rings is 1. The van der Waals surface area contributed by atoms with Crippen LogP contribution in [0.15, 0.2) is 42.6 Å². The van der Waals surface area contributed by atoms with Gasteiger partial charge in [0.2, 0.25) is 0 Å². The van der Waals surface area contributed by atoms with E-state index in [9.17, 15) is 9.90 Å². The molecule has 2 fully saturated rings. The predicted octanol–water partition coefficient (Wildman–Crippen LogP) is 2.64. The lowest BCUT2D eigenvalue weighted by molar-refractivity contribution is 0.0168. The number of carbonyl (C=O) groups is 1. The van der Waals surface area contributed by atoms with Crippen LogP contribution >= 0.6 is 0 Å². The molecule has 1 amide bonds. The lowest BCUT2D eigenvalue weighted by Crippen LogP contribution is -2.53. The monoisotopic (exact) mass is 376 g/mol. The van der Waals surface area contributed by atoms with Crippen LogP contribution in [0.4, 0.5) is 0 Å². The van der Waals surface area contributed by atoms with Gasteiger partial charge >= 0.3 is 0 Å². The van der Waals surface area contributed by atoms with Gasteiger partial charge in [0.15, 0.2) is 0 Å². The second-order valence-electron chi connectivity index (χ2n) is 7.79. The third kappa shape index (κ3) is 3.85. The van der Waals surface area contributed by atoms with Crippen LogP contribution in [-0.2, 0) is 6.54 Å². The molecule has 0 spiro atoms. The van der Waals surface area contributed by atoms with Crippen LogP contribution < -0.4 is 0 Å². The van der Waals surface area contributed by atoms with Crippen LogP contribution in [0.25, 0.3) is 0 Å². The molecule has 6 heteroatoms. The number of hydrogen-bond donors (Lipinski definition) is 1. The van der Waals surface area contributed by atoms with E-state index in [2.05, 4.69) is 9.88 Å². The maximum Gasteiger partial charge on any atom is 0.272 e. The molecule has 0 saturated carbocycles. The summed E-state index contributed by atoms with van der Waals surface area (Å²) in [5.41, 5.74) is 1.90. The summed E-state index contributed by atoms with van der Waals surface area (Å²) in [6.45, 7) is 4.44. The van der Waals surface area contributed by atoms with Gasteiger partial charge in [0.05, 0.1) is 5.56 Å². The molecule has 144 valence electrons. The Balaban J connectivity index is 1.31. The van der Waals surface area contributed by atoms with Crippen LogP contribution in [0.3, 0.4) is 0 Å². The van der Waals surface area contributed by atoms with Crippen molar-refractivity contribution in [3.8, 4) is 11.8 Å². The second kappa shape index (κ2) is 7.99. The first-order valence-electron chi connectivity index (χ1n) is 9.78. The van der Waals surface area contributed by atoms with E-state index in [0.717, 1.165) is 44.7 Å². The van der Waals surface area contributed by atoms with Crippen molar-refractivity contribution in [2.45, 2.75) is 19.4 Å². The molecule has 3 heterocycles. The van der Waals surface area contributed by atoms with Crippen LogP contribution in [0.1, 0.15) is 34.5 Å². The van der Waals surface area contributed by atoms with Crippen molar-refractivity contribution in [1.82, 2.24) is 14.8 Å². The third-order valence-electron chi connectivity index (χ3n) is 5.87. The molecule has 0 radical (unpaired) electrons. The standard InChI is InChI=1S/C22H24N4O2/c23-11-18-10-16(6-7-21(18)27)12-25-13-19(14-25)17-4-3-9-26(15-17)22(28)20-5-1-2-8-24-20/h1-2,5-8,10,17,19,27H,3-4,9,12-15H2. The van der Waals surface area contributed by atoms with E-state index in [0.29, 0.717) is 23.1 Å². The number of benzene rings is 1. The fourth-order valence-corrected chi connectivity index (χ4v) is 4.30. The summed E-state index contributed by atoms with van der Waals surface area (Å²) in [7, 11) is 0. The van der Waals surface area contributed by atoms with Gasteiger partial charge in [0.1, 0.15) is 17.5 Å². The highest BCUT2D eigenvalue weighted by atomic mass is 16.3. The highest BCUT2D eigenvalue weighted by Gasteiger charge is 2.36. The first-order chi connectivity index (χ1) is 13.6. The number of rotatable bonds is 4. The molecule has 1 aromatic carbocycles. The number of aromatic hydroxyl groups is 1. The summed E-state index contributed by atoms with van der Waals surface area (Å²) in [6.07, 6.45) is 3.88. The van der Waals surface area contributed by atoms with E-state index in [1.165, 1.54) is 6.42 Å². The maximum absolute atomic E-state index is 12.7. The van der Waals surface area contributed by atoms with Crippen molar-refractivity contribution in [1.29, 1.82) is 5.26 Å². The van der Waals surface area contributed by atoms with Gasteiger partial charge in [-0.1, -0.05) is 12.1 Å². The van der Waals surface area contributed by atoms with Gasteiger partial charge < -0.3 is 10.0 Å². The highest BCUT2D eigenvalue weighted by Crippen LogP contribution is 2.32. The summed E-state index contributed by atoms with van der Waals surface area (Å²) >= 11 is 0. The molecule has 1 aromatic heterocycles. The van der Waals surface area contributed by atoms with E-state index in [1.807, 2.05) is 29.2 Å². The van der Waals surface area contributed by atoms with Crippen molar-refractivity contribution >= 4 is 5.91 Å². The van der Waals surface area contributed by atoms with Gasteiger partial charge in [-0.15, -0.1) is 0 Å². The fourth-order valence-electron chi connectivity index (χ4n) is 4.30. The van der Waals surface area contributed by atoms with E-state index in [-0.39, 0.29) is 11.7 Å². The largest absolute Gasteiger partial charge is 0.507 e. The lowest BCUT2D eigenvalue weighted by atomic mass is 9.80. The number of amides is 1. The zero-order chi connectivity index (χ0) is 19.5. The van der Waals surface area contributed by atoms with Crippen molar-refractivity contribution in [3.05, 3.63) is 59.4 Å². The van der Waals surface area contributed by atoms with Gasteiger partial charge in [0.25, 0.3) is 5.91 Å². The van der Waals surface area contributed by atoms with Crippen molar-refractivity contribution in [3.63, 3.8) is 0 Å². The third-order valence-corrected chi connectivity index (χ3v) is 5.87. The average Bonchev–Trinajstić information content (AvgIpc) is 2.71. The Hall–Kier alpha value is -2.91. The molecule has 4 rings (SSSR count). The Labute approximate surface area is 165 Å². The zero-order valence-corrected chi connectivity index (χ0v) is 15.8. The normalized spacial score (nSPS) is 20.4. The SMILES string of the molecule is N#Cc1cc(CN2CC(C3CCCN(C(=O)c4ccccn4)C3)C2)ccc1O. The van der Waals surface area contributed by atoms with Crippen LogP contribution in [-0.4, -0.2) is 52.0 Å². The molecular weight excluding hydrogens is 352 g/mol. The molecule has 2 aliphatic rings. The summed E-state index contributed by atoms with van der Waals surface area (Å²) < 4.78 is 0. The smallest absolute Gasteiger partial charge is 0.272 e. The number of hydrogen-bond acceptors (Lipinski definition) is 5. The van der Waals surface area contributed by atoms with Crippen LogP contribution in [0.2, 0.25) is 0 Å². The van der Waals surface area contributed by atoms with Crippen molar-refractivity contribution in [2.24, 2.45) is 11.8 Å². The van der Waals surface area contributed by atoms with E-state index < -0.39 is 0 Å². The van der Waals surface area contributed by atoms with Crippen LogP contribution in [0, 0.1) is 23.2 Å². The van der Waals surface area contributed by atoms with Crippen molar-refractivity contribution < 1.29 is 9.90 Å². The molecule has 1 N–H and O–H groups in total. The minimum Gasteiger partial charge on any atom is -0.507 e. The first kappa shape index (κ1) is 18.5. The second-order valence-corrected chi connectivity index (χ2v) is 7.79. The molecule has 1 unspecified atom stereocenters. The molecule has 0 aliphatic carbocycles. The molecule has 2 aromatic rings. The summed E-state index contributed by atoms with van der Waals surface area (Å²) in [4.78, 5) is 21.2. The molecule has 0 bridgehead atoms. The predicted molar refractivity (Wildman–Crippen MR) is 104 cm³/mol. The Bertz CT molecular complexity index is 887. The number of phenols is 1. The lowest BCUT2D eigenvalue weighted by Gasteiger charge is -2.46. The molecule has 2 aliphatic heterocycles. The number of carbonyl (C=O) groups excluding carboxylic acids is 1. The van der Waals surface area contributed by atoms with Crippen LogP contribution in [0.5, 0.6) is 5.75 Å². The Morgan fingerprint density at radius 2 is 2.07 bits per heavy atom. The number of nitriles is 1. The summed E-state index contributed by atoms with van der Waals surface area (Å²) in [6, 6.07) is 12.7. The summed E-state index contributed by atoms with van der Waals surface area (Å²) in [5.74, 6) is 1.21. The van der Waals surface area contributed by atoms with Crippen molar-refractivity contribution in [2.75, 3.05) is 26.2 Å². The van der Waals surface area contributed by atoms with Gasteiger partial charge in [-0.3, -0.25) is 14.7 Å². The van der Waals surface area contributed by atoms with E-state index in [1.54, 1.807) is 24.4 Å². The number of nitrogens with zero attached hydrogens (tertiary/aromatic N) is 4. The summed E-state index contributed by atoms with van der Waals surface area (Å²) in [5, 5.41) is 18.7. The minimum atomic E-state index is 0.0348. The highest BCUT2D eigenvalue weighted by molar-refractivity contribution is 5.92. The number of phenolic OH excluding ortho intramolecular Hbond substituents is 1. The number of piperidine rings is 1. The zero-order valence-electron chi connectivity index (χ0n) is 15.8. The quantitative estimate of drug-likeness (QED) is 0.887. The Kier molecular flexibility index (Phi) is 5.27. The first-order valence-corrected chi connectivity index (χ1v) is 9.78. The van der Waals surface area contributed by atoms with Gasteiger partial charge in [-0.25, -0.2) is 0 Å². The minimum absolute atomic E-state index is 0.0348. The molecule has 2 saturated heterocycles. The topological polar surface area (TPSA) is 80.5 Å². The molecule has 28 heavy (non-hydrogen) atoms.